The average molecular weight is 320 g/mol. The number of hydrogen-bond donors (Lipinski definition) is 0. The summed E-state index contributed by atoms with van der Waals surface area (Å²) in [6, 6.07) is 0. The summed E-state index contributed by atoms with van der Waals surface area (Å²) in [6.07, 6.45) is 0.705. The minimum atomic E-state index is 0.0329. The quantitative estimate of drug-likeness (QED) is 0.868. The maximum absolute atomic E-state index is 12.7. The summed E-state index contributed by atoms with van der Waals surface area (Å²) in [5.74, 6) is 0.644. The second kappa shape index (κ2) is 6.08. The second-order valence-electron chi connectivity index (χ2n) is 5.46. The van der Waals surface area contributed by atoms with Crippen LogP contribution in [0.5, 0.6) is 0 Å². The van der Waals surface area contributed by atoms with Crippen molar-refractivity contribution >= 4 is 22.4 Å². The van der Waals surface area contributed by atoms with Crippen molar-refractivity contribution in [2.45, 2.75) is 27.2 Å². The lowest BCUT2D eigenvalue weighted by Gasteiger charge is -2.34. The molecule has 2 aromatic heterocycles. The van der Waals surface area contributed by atoms with Crippen molar-refractivity contribution in [1.82, 2.24) is 15.0 Å². The van der Waals surface area contributed by atoms with Gasteiger partial charge in [-0.3, -0.25) is 4.79 Å². The molecule has 2 aromatic rings. The molecule has 0 spiro atoms. The van der Waals surface area contributed by atoms with E-state index in [2.05, 4.69) is 20.4 Å². The van der Waals surface area contributed by atoms with Crippen molar-refractivity contribution in [3.8, 4) is 0 Å². The second-order valence-corrected chi connectivity index (χ2v) is 6.30. The van der Waals surface area contributed by atoms with Gasteiger partial charge in [0, 0.05) is 31.6 Å². The van der Waals surface area contributed by atoms with E-state index in [4.69, 9.17) is 4.52 Å². The van der Waals surface area contributed by atoms with Crippen LogP contribution in [0.15, 0.2) is 9.90 Å². The zero-order valence-electron chi connectivity index (χ0n) is 13.1. The first-order valence-corrected chi connectivity index (χ1v) is 8.39. The van der Waals surface area contributed by atoms with Crippen molar-refractivity contribution in [1.29, 1.82) is 0 Å². The van der Waals surface area contributed by atoms with E-state index in [0.29, 0.717) is 30.8 Å². The summed E-state index contributed by atoms with van der Waals surface area (Å²) < 4.78 is 5.18. The Kier molecular flexibility index (Phi) is 4.15. The van der Waals surface area contributed by atoms with Crippen LogP contribution >= 0.6 is 11.3 Å². The van der Waals surface area contributed by atoms with E-state index < -0.39 is 0 Å². The van der Waals surface area contributed by atoms with Crippen LogP contribution in [-0.4, -0.2) is 47.1 Å². The molecule has 1 amide bonds. The smallest absolute Gasteiger partial charge is 0.259 e. The van der Waals surface area contributed by atoms with E-state index in [0.717, 1.165) is 29.6 Å². The lowest BCUT2D eigenvalue weighted by Crippen LogP contribution is -2.49. The van der Waals surface area contributed by atoms with Crippen LogP contribution < -0.4 is 4.90 Å². The zero-order valence-corrected chi connectivity index (χ0v) is 13.9. The molecule has 3 heterocycles. The van der Waals surface area contributed by atoms with E-state index in [1.165, 1.54) is 0 Å². The number of carbonyl (C=O) groups is 1. The molecule has 118 valence electrons. The third kappa shape index (κ3) is 2.72. The van der Waals surface area contributed by atoms with Gasteiger partial charge in [-0.1, -0.05) is 12.1 Å². The first-order chi connectivity index (χ1) is 10.6. The largest absolute Gasteiger partial charge is 0.361 e. The SMILES string of the molecule is CCc1noc(C)c1C(=O)N1CCN(c2nc(C)cs2)CC1. The third-order valence-corrected chi connectivity index (χ3v) is 4.95. The molecule has 1 fully saturated rings. The number of nitrogens with zero attached hydrogens (tertiary/aromatic N) is 4. The van der Waals surface area contributed by atoms with E-state index in [-0.39, 0.29) is 5.91 Å². The standard InChI is InChI=1S/C15H20N4O2S/c1-4-12-13(11(3)21-17-12)14(20)18-5-7-19(8-6-18)15-16-10(2)9-22-15/h9H,4-8H2,1-3H3. The summed E-state index contributed by atoms with van der Waals surface area (Å²) in [7, 11) is 0. The van der Waals surface area contributed by atoms with Crippen LogP contribution in [0.4, 0.5) is 5.13 Å². The molecule has 0 bridgehead atoms. The minimum Gasteiger partial charge on any atom is -0.361 e. The van der Waals surface area contributed by atoms with Gasteiger partial charge in [-0.25, -0.2) is 4.98 Å². The highest BCUT2D eigenvalue weighted by Crippen LogP contribution is 2.23. The zero-order chi connectivity index (χ0) is 15.7. The molecule has 0 saturated carbocycles. The van der Waals surface area contributed by atoms with Crippen molar-refractivity contribution < 1.29 is 9.32 Å². The van der Waals surface area contributed by atoms with Gasteiger partial charge in [-0.05, 0) is 20.3 Å². The third-order valence-electron chi connectivity index (χ3n) is 3.93. The topological polar surface area (TPSA) is 62.5 Å². The van der Waals surface area contributed by atoms with Gasteiger partial charge < -0.3 is 14.3 Å². The first kappa shape index (κ1) is 15.0. The first-order valence-electron chi connectivity index (χ1n) is 7.51. The van der Waals surface area contributed by atoms with E-state index in [1.54, 1.807) is 18.3 Å². The molecule has 22 heavy (non-hydrogen) atoms. The van der Waals surface area contributed by atoms with Gasteiger partial charge in [0.25, 0.3) is 5.91 Å². The Hall–Kier alpha value is -1.89. The number of amides is 1. The van der Waals surface area contributed by atoms with E-state index in [9.17, 15) is 4.79 Å². The van der Waals surface area contributed by atoms with E-state index >= 15 is 0 Å². The predicted octanol–water partition coefficient (Wildman–Crippen LogP) is 2.27. The fourth-order valence-electron chi connectivity index (χ4n) is 2.68. The fourth-order valence-corrected chi connectivity index (χ4v) is 3.54. The molecule has 7 heteroatoms. The molecule has 0 unspecified atom stereocenters. The van der Waals surface area contributed by atoms with Crippen molar-refractivity contribution in [2.24, 2.45) is 0 Å². The van der Waals surface area contributed by atoms with Crippen LogP contribution in [0.25, 0.3) is 0 Å². The molecule has 0 N–H and O–H groups in total. The molecule has 1 saturated heterocycles. The number of carbonyl (C=O) groups excluding carboxylic acids is 1. The number of hydrogen-bond acceptors (Lipinski definition) is 6. The van der Waals surface area contributed by atoms with Crippen LogP contribution in [0.3, 0.4) is 0 Å². The number of aryl methyl sites for hydroxylation is 3. The Morgan fingerprint density at radius 1 is 1.32 bits per heavy atom. The molecule has 0 atom stereocenters. The predicted molar refractivity (Wildman–Crippen MR) is 85.6 cm³/mol. The van der Waals surface area contributed by atoms with E-state index in [1.807, 2.05) is 18.7 Å². The Morgan fingerprint density at radius 3 is 2.64 bits per heavy atom. The lowest BCUT2D eigenvalue weighted by molar-refractivity contribution is 0.0744. The fraction of sp³-hybridized carbons (Fsp3) is 0.533. The Bertz CT molecular complexity index is 671. The Morgan fingerprint density at radius 2 is 2.05 bits per heavy atom. The highest BCUT2D eigenvalue weighted by Gasteiger charge is 2.28. The minimum absolute atomic E-state index is 0.0329. The van der Waals surface area contributed by atoms with Crippen molar-refractivity contribution in [3.05, 3.63) is 28.1 Å². The Labute approximate surface area is 133 Å². The van der Waals surface area contributed by atoms with Crippen LogP contribution in [-0.2, 0) is 6.42 Å². The molecular formula is C15H20N4O2S. The van der Waals surface area contributed by atoms with Crippen LogP contribution in [0, 0.1) is 13.8 Å². The number of aromatic nitrogens is 2. The summed E-state index contributed by atoms with van der Waals surface area (Å²) in [5, 5.41) is 7.07. The summed E-state index contributed by atoms with van der Waals surface area (Å²) in [4.78, 5) is 21.3. The molecule has 0 radical (unpaired) electrons. The maximum Gasteiger partial charge on any atom is 0.259 e. The number of anilines is 1. The average Bonchev–Trinajstić information content (AvgIpc) is 3.12. The molecule has 6 nitrogen and oxygen atoms in total. The van der Waals surface area contributed by atoms with Gasteiger partial charge in [0.2, 0.25) is 0 Å². The summed E-state index contributed by atoms with van der Waals surface area (Å²) in [5.41, 5.74) is 2.44. The molecule has 1 aliphatic rings. The molecule has 1 aliphatic heterocycles. The molecule has 0 aromatic carbocycles. The number of piperazine rings is 1. The molecule has 3 rings (SSSR count). The molecular weight excluding hydrogens is 300 g/mol. The maximum atomic E-state index is 12.7. The van der Waals surface area contributed by atoms with Crippen LogP contribution in [0.1, 0.15) is 34.4 Å². The summed E-state index contributed by atoms with van der Waals surface area (Å²) in [6.45, 7) is 8.80. The van der Waals surface area contributed by atoms with Gasteiger partial charge in [-0.15, -0.1) is 11.3 Å². The molecule has 0 aliphatic carbocycles. The van der Waals surface area contributed by atoms with Gasteiger partial charge in [0.05, 0.1) is 11.4 Å². The monoisotopic (exact) mass is 320 g/mol. The van der Waals surface area contributed by atoms with Gasteiger partial charge in [-0.2, -0.15) is 0 Å². The van der Waals surface area contributed by atoms with Gasteiger partial charge >= 0.3 is 0 Å². The van der Waals surface area contributed by atoms with Gasteiger partial charge in [0.1, 0.15) is 11.3 Å². The van der Waals surface area contributed by atoms with Crippen LogP contribution in [0.2, 0.25) is 0 Å². The van der Waals surface area contributed by atoms with Crippen molar-refractivity contribution in [2.75, 3.05) is 31.1 Å². The Balaban J connectivity index is 1.68. The van der Waals surface area contributed by atoms with Gasteiger partial charge in [0.15, 0.2) is 5.13 Å². The van der Waals surface area contributed by atoms with Crippen molar-refractivity contribution in [3.63, 3.8) is 0 Å². The summed E-state index contributed by atoms with van der Waals surface area (Å²) >= 11 is 1.66. The number of thiazole rings is 1. The highest BCUT2D eigenvalue weighted by molar-refractivity contribution is 7.13. The lowest BCUT2D eigenvalue weighted by atomic mass is 10.1. The highest BCUT2D eigenvalue weighted by atomic mass is 32.1. The normalized spacial score (nSPS) is 15.4. The number of rotatable bonds is 3.